The first-order valence-electron chi connectivity index (χ1n) is 8.35. The van der Waals surface area contributed by atoms with Crippen LogP contribution in [0, 0.1) is 0 Å². The van der Waals surface area contributed by atoms with Crippen molar-refractivity contribution in [1.82, 2.24) is 10.2 Å². The van der Waals surface area contributed by atoms with E-state index in [0.717, 1.165) is 32.7 Å². The minimum Gasteiger partial charge on any atom is -0.314 e. The highest BCUT2D eigenvalue weighted by Crippen LogP contribution is 2.30. The highest BCUT2D eigenvalue weighted by Gasteiger charge is 2.13. The Morgan fingerprint density at radius 2 is 1.73 bits per heavy atom. The number of hydrogen-bond donors (Lipinski definition) is 1. The second-order valence-electron chi connectivity index (χ2n) is 6.47. The fourth-order valence-electron chi connectivity index (χ4n) is 3.20. The maximum absolute atomic E-state index is 3.42. The smallest absolute Gasteiger partial charge is 0.0235 e. The third-order valence-corrected chi connectivity index (χ3v) is 4.44. The van der Waals surface area contributed by atoms with Crippen LogP contribution in [0.15, 0.2) is 48.5 Å². The van der Waals surface area contributed by atoms with Gasteiger partial charge in [-0.3, -0.25) is 4.90 Å². The fourth-order valence-corrected chi connectivity index (χ4v) is 3.20. The lowest BCUT2D eigenvalue weighted by atomic mass is 9.91. The Kier molecular flexibility index (Phi) is 4.91. The molecule has 0 spiro atoms. The van der Waals surface area contributed by atoms with Crippen LogP contribution in [0.3, 0.4) is 0 Å². The molecule has 0 saturated carbocycles. The highest BCUT2D eigenvalue weighted by atomic mass is 15.2. The Morgan fingerprint density at radius 1 is 1.00 bits per heavy atom. The van der Waals surface area contributed by atoms with Gasteiger partial charge in [-0.15, -0.1) is 0 Å². The largest absolute Gasteiger partial charge is 0.314 e. The third kappa shape index (κ3) is 3.57. The van der Waals surface area contributed by atoms with E-state index in [2.05, 4.69) is 72.6 Å². The molecule has 0 aromatic heterocycles. The Balaban J connectivity index is 1.90. The van der Waals surface area contributed by atoms with Crippen LogP contribution in [-0.4, -0.2) is 31.1 Å². The third-order valence-electron chi connectivity index (χ3n) is 4.44. The zero-order valence-electron chi connectivity index (χ0n) is 13.7. The number of piperazine rings is 1. The van der Waals surface area contributed by atoms with Gasteiger partial charge in [0.2, 0.25) is 0 Å². The first kappa shape index (κ1) is 15.3. The first-order chi connectivity index (χ1) is 10.7. The summed E-state index contributed by atoms with van der Waals surface area (Å²) in [4.78, 5) is 2.54. The van der Waals surface area contributed by atoms with Crippen molar-refractivity contribution in [3.63, 3.8) is 0 Å². The molecule has 2 heteroatoms. The molecule has 0 amide bonds. The first-order valence-corrected chi connectivity index (χ1v) is 8.35. The van der Waals surface area contributed by atoms with Crippen LogP contribution in [0.25, 0.3) is 11.1 Å². The summed E-state index contributed by atoms with van der Waals surface area (Å²) in [7, 11) is 0. The van der Waals surface area contributed by atoms with E-state index in [0.29, 0.717) is 5.92 Å². The zero-order chi connectivity index (χ0) is 15.4. The Labute approximate surface area is 134 Å². The number of rotatable bonds is 4. The SMILES string of the molecule is CC(C)c1ccc(CN2CCNCC2)cc1-c1ccccc1. The molecule has 3 rings (SSSR count). The molecule has 0 bridgehead atoms. The lowest BCUT2D eigenvalue weighted by Crippen LogP contribution is -2.42. The maximum atomic E-state index is 3.42. The van der Waals surface area contributed by atoms with E-state index in [9.17, 15) is 0 Å². The van der Waals surface area contributed by atoms with E-state index in [1.54, 1.807) is 0 Å². The number of nitrogens with one attached hydrogen (secondary N) is 1. The van der Waals surface area contributed by atoms with E-state index < -0.39 is 0 Å². The minimum atomic E-state index is 0.545. The molecule has 1 aliphatic heterocycles. The van der Waals surface area contributed by atoms with Crippen LogP contribution in [0.1, 0.15) is 30.9 Å². The van der Waals surface area contributed by atoms with Gasteiger partial charge >= 0.3 is 0 Å². The Bertz CT molecular complexity index is 598. The number of benzene rings is 2. The summed E-state index contributed by atoms with van der Waals surface area (Å²) in [6.45, 7) is 10.1. The van der Waals surface area contributed by atoms with Crippen LogP contribution in [0.5, 0.6) is 0 Å². The second kappa shape index (κ2) is 7.08. The van der Waals surface area contributed by atoms with Crippen LogP contribution in [0.2, 0.25) is 0 Å². The molecular formula is C20H26N2. The molecule has 1 saturated heterocycles. The lowest BCUT2D eigenvalue weighted by Gasteiger charge is -2.27. The molecule has 1 heterocycles. The van der Waals surface area contributed by atoms with E-state index >= 15 is 0 Å². The molecule has 0 aliphatic carbocycles. The van der Waals surface area contributed by atoms with Gasteiger partial charge in [0.15, 0.2) is 0 Å². The van der Waals surface area contributed by atoms with Gasteiger partial charge in [0, 0.05) is 32.7 Å². The quantitative estimate of drug-likeness (QED) is 0.920. The fraction of sp³-hybridized carbons (Fsp3) is 0.400. The van der Waals surface area contributed by atoms with Gasteiger partial charge in [-0.1, -0.05) is 56.3 Å². The summed E-state index contributed by atoms with van der Waals surface area (Å²) >= 11 is 0. The van der Waals surface area contributed by atoms with Crippen LogP contribution in [0.4, 0.5) is 0 Å². The molecule has 0 atom stereocenters. The van der Waals surface area contributed by atoms with Crippen molar-refractivity contribution in [3.8, 4) is 11.1 Å². The van der Waals surface area contributed by atoms with E-state index in [1.165, 1.54) is 22.3 Å². The normalized spacial score (nSPS) is 16.1. The highest BCUT2D eigenvalue weighted by molar-refractivity contribution is 5.68. The molecular weight excluding hydrogens is 268 g/mol. The molecule has 2 aromatic carbocycles. The van der Waals surface area contributed by atoms with E-state index in [1.807, 2.05) is 0 Å². The lowest BCUT2D eigenvalue weighted by molar-refractivity contribution is 0.233. The van der Waals surface area contributed by atoms with Gasteiger partial charge < -0.3 is 5.32 Å². The molecule has 2 aromatic rings. The standard InChI is InChI=1S/C20H26N2/c1-16(2)19-9-8-17(15-22-12-10-21-11-13-22)14-20(19)18-6-4-3-5-7-18/h3-9,14,16,21H,10-13,15H2,1-2H3. The van der Waals surface area contributed by atoms with Crippen molar-refractivity contribution in [2.24, 2.45) is 0 Å². The molecule has 1 fully saturated rings. The summed E-state index contributed by atoms with van der Waals surface area (Å²) in [5.74, 6) is 0.545. The van der Waals surface area contributed by atoms with Gasteiger partial charge in [0.05, 0.1) is 0 Å². The van der Waals surface area contributed by atoms with Crippen molar-refractivity contribution in [1.29, 1.82) is 0 Å². The van der Waals surface area contributed by atoms with Gasteiger partial charge in [-0.05, 0) is 34.2 Å². The second-order valence-corrected chi connectivity index (χ2v) is 6.47. The number of hydrogen-bond acceptors (Lipinski definition) is 2. The van der Waals surface area contributed by atoms with Crippen molar-refractivity contribution in [2.45, 2.75) is 26.3 Å². The Morgan fingerprint density at radius 3 is 2.41 bits per heavy atom. The average Bonchev–Trinajstić information content (AvgIpc) is 2.56. The monoisotopic (exact) mass is 294 g/mol. The molecule has 116 valence electrons. The van der Waals surface area contributed by atoms with E-state index in [-0.39, 0.29) is 0 Å². The maximum Gasteiger partial charge on any atom is 0.0235 e. The van der Waals surface area contributed by atoms with Gasteiger partial charge in [-0.25, -0.2) is 0 Å². The van der Waals surface area contributed by atoms with Crippen molar-refractivity contribution >= 4 is 0 Å². The predicted molar refractivity (Wildman–Crippen MR) is 94.1 cm³/mol. The summed E-state index contributed by atoms with van der Waals surface area (Å²) in [6.07, 6.45) is 0. The van der Waals surface area contributed by atoms with Gasteiger partial charge in [0.1, 0.15) is 0 Å². The van der Waals surface area contributed by atoms with Gasteiger partial charge in [0.25, 0.3) is 0 Å². The summed E-state index contributed by atoms with van der Waals surface area (Å²) < 4.78 is 0. The minimum absolute atomic E-state index is 0.545. The average molecular weight is 294 g/mol. The van der Waals surface area contributed by atoms with Crippen LogP contribution >= 0.6 is 0 Å². The molecule has 1 N–H and O–H groups in total. The topological polar surface area (TPSA) is 15.3 Å². The van der Waals surface area contributed by atoms with E-state index in [4.69, 9.17) is 0 Å². The molecule has 22 heavy (non-hydrogen) atoms. The van der Waals surface area contributed by atoms with Crippen molar-refractivity contribution in [3.05, 3.63) is 59.7 Å². The number of nitrogens with zero attached hydrogens (tertiary/aromatic N) is 1. The summed E-state index contributed by atoms with van der Waals surface area (Å²) in [5.41, 5.74) is 5.58. The van der Waals surface area contributed by atoms with Crippen molar-refractivity contribution in [2.75, 3.05) is 26.2 Å². The Hall–Kier alpha value is -1.64. The predicted octanol–water partition coefficient (Wildman–Crippen LogP) is 3.88. The van der Waals surface area contributed by atoms with Crippen LogP contribution < -0.4 is 5.32 Å². The summed E-state index contributed by atoms with van der Waals surface area (Å²) in [6, 6.07) is 17.8. The molecule has 0 radical (unpaired) electrons. The summed E-state index contributed by atoms with van der Waals surface area (Å²) in [5, 5.41) is 3.42. The molecule has 2 nitrogen and oxygen atoms in total. The molecule has 0 unspecified atom stereocenters. The van der Waals surface area contributed by atoms with Crippen LogP contribution in [-0.2, 0) is 6.54 Å². The zero-order valence-corrected chi connectivity index (χ0v) is 13.7. The van der Waals surface area contributed by atoms with Gasteiger partial charge in [-0.2, -0.15) is 0 Å². The van der Waals surface area contributed by atoms with Crippen molar-refractivity contribution < 1.29 is 0 Å². The molecule has 1 aliphatic rings.